The monoisotopic (exact) mass is 242 g/mol. The second kappa shape index (κ2) is 9.37. The van der Waals surface area contributed by atoms with Gasteiger partial charge < -0.3 is 9.47 Å². The van der Waals surface area contributed by atoms with E-state index in [0.717, 1.165) is 13.0 Å². The lowest BCUT2D eigenvalue weighted by Crippen LogP contribution is -2.07. The number of hydrogen-bond acceptors (Lipinski definition) is 3. The van der Waals surface area contributed by atoms with Gasteiger partial charge in [-0.25, -0.2) is 0 Å². The van der Waals surface area contributed by atoms with E-state index >= 15 is 0 Å². The number of hydrogen-bond donors (Lipinski definition) is 0. The smallest absolute Gasteiger partial charge is 0.132 e. The molecule has 0 unspecified atom stereocenters. The minimum atomic E-state index is 0.165. The third-order valence-electron chi connectivity index (χ3n) is 2.02. The van der Waals surface area contributed by atoms with Crippen LogP contribution in [0.15, 0.2) is 12.2 Å². The van der Waals surface area contributed by atoms with Gasteiger partial charge in [0, 0.05) is 6.42 Å². The number of allylic oxidation sites excluding steroid dienone is 1. The maximum Gasteiger partial charge on any atom is 0.132 e. The number of ketones is 1. The highest BCUT2D eigenvalue weighted by atomic mass is 16.5. The molecule has 0 radical (unpaired) electrons. The first-order valence-electron chi connectivity index (χ1n) is 6.24. The van der Waals surface area contributed by atoms with E-state index in [2.05, 4.69) is 32.9 Å². The fourth-order valence-corrected chi connectivity index (χ4v) is 1.13. The lowest BCUT2D eigenvalue weighted by atomic mass is 9.96. The van der Waals surface area contributed by atoms with Gasteiger partial charge in [-0.05, 0) is 18.8 Å². The van der Waals surface area contributed by atoms with E-state index in [4.69, 9.17) is 9.47 Å². The molecule has 0 aromatic carbocycles. The minimum Gasteiger partial charge on any atom is -0.379 e. The maximum absolute atomic E-state index is 10.6. The van der Waals surface area contributed by atoms with Gasteiger partial charge in [-0.15, -0.1) is 0 Å². The molecule has 0 aromatic rings. The molecule has 0 saturated heterocycles. The summed E-state index contributed by atoms with van der Waals surface area (Å²) in [4.78, 5) is 10.6. The van der Waals surface area contributed by atoms with Gasteiger partial charge in [0.05, 0.1) is 26.4 Å². The van der Waals surface area contributed by atoms with Gasteiger partial charge in [-0.1, -0.05) is 32.9 Å². The zero-order chi connectivity index (χ0) is 13.1. The normalized spacial score (nSPS) is 12.2. The average molecular weight is 242 g/mol. The molecular formula is C14H26O3. The van der Waals surface area contributed by atoms with Crippen molar-refractivity contribution in [3.8, 4) is 0 Å². The Kier molecular flexibility index (Phi) is 9.00. The summed E-state index contributed by atoms with van der Waals surface area (Å²) < 4.78 is 10.6. The lowest BCUT2D eigenvalue weighted by molar-refractivity contribution is -0.118. The molecule has 3 nitrogen and oxygen atoms in total. The molecule has 100 valence electrons. The molecule has 3 heteroatoms. The van der Waals surface area contributed by atoms with Gasteiger partial charge in [-0.3, -0.25) is 4.79 Å². The second-order valence-electron chi connectivity index (χ2n) is 5.23. The van der Waals surface area contributed by atoms with E-state index in [-0.39, 0.29) is 11.2 Å². The third kappa shape index (κ3) is 15.3. The molecule has 0 saturated carbocycles. The van der Waals surface area contributed by atoms with Crippen LogP contribution in [-0.4, -0.2) is 32.2 Å². The van der Waals surface area contributed by atoms with Crippen LogP contribution in [0.2, 0.25) is 0 Å². The van der Waals surface area contributed by atoms with E-state index < -0.39 is 0 Å². The van der Waals surface area contributed by atoms with E-state index in [1.165, 1.54) is 0 Å². The molecule has 0 rings (SSSR count). The van der Waals surface area contributed by atoms with Crippen LogP contribution >= 0.6 is 0 Å². The summed E-state index contributed by atoms with van der Waals surface area (Å²) in [6.45, 7) is 10.5. The predicted octanol–water partition coefficient (Wildman–Crippen LogP) is 2.99. The number of ether oxygens (including phenoxy) is 2. The Balaban J connectivity index is 3.19. The molecular weight excluding hydrogens is 216 g/mol. The summed E-state index contributed by atoms with van der Waals surface area (Å²) in [6.07, 6.45) is 5.77. The van der Waals surface area contributed by atoms with Crippen LogP contribution in [0.4, 0.5) is 0 Å². The van der Waals surface area contributed by atoms with Gasteiger partial charge in [0.25, 0.3) is 0 Å². The lowest BCUT2D eigenvalue weighted by Gasteiger charge is -2.10. The fourth-order valence-electron chi connectivity index (χ4n) is 1.13. The van der Waals surface area contributed by atoms with Crippen molar-refractivity contribution in [3.05, 3.63) is 12.2 Å². The molecule has 0 amide bonds. The van der Waals surface area contributed by atoms with Gasteiger partial charge in [-0.2, -0.15) is 0 Å². The number of carbonyl (C=O) groups excluding carboxylic acids is 1. The van der Waals surface area contributed by atoms with Crippen LogP contribution in [0.5, 0.6) is 0 Å². The summed E-state index contributed by atoms with van der Waals surface area (Å²) in [6, 6.07) is 0. The second-order valence-corrected chi connectivity index (χ2v) is 5.23. The van der Waals surface area contributed by atoms with Gasteiger partial charge in [0.1, 0.15) is 5.78 Å². The van der Waals surface area contributed by atoms with Crippen molar-refractivity contribution in [2.24, 2.45) is 5.41 Å². The minimum absolute atomic E-state index is 0.165. The summed E-state index contributed by atoms with van der Waals surface area (Å²) in [5.41, 5.74) is 0.246. The SMILES string of the molecule is CC(=O)CCOCCOCC/C=C/C(C)(C)C. The highest BCUT2D eigenvalue weighted by molar-refractivity contribution is 5.75. The Bertz CT molecular complexity index is 226. The van der Waals surface area contributed by atoms with Crippen LogP contribution in [-0.2, 0) is 14.3 Å². The van der Waals surface area contributed by atoms with E-state index in [9.17, 15) is 4.79 Å². The Labute approximate surface area is 105 Å². The van der Waals surface area contributed by atoms with Crippen LogP contribution in [0, 0.1) is 5.41 Å². The topological polar surface area (TPSA) is 35.5 Å². The summed E-state index contributed by atoms with van der Waals surface area (Å²) in [5.74, 6) is 0.165. The Hall–Kier alpha value is -0.670. The van der Waals surface area contributed by atoms with Crippen molar-refractivity contribution in [1.82, 2.24) is 0 Å². The molecule has 0 aromatic heterocycles. The zero-order valence-corrected chi connectivity index (χ0v) is 11.6. The number of carbonyl (C=O) groups is 1. The van der Waals surface area contributed by atoms with Crippen molar-refractivity contribution in [2.75, 3.05) is 26.4 Å². The van der Waals surface area contributed by atoms with Crippen LogP contribution < -0.4 is 0 Å². The largest absolute Gasteiger partial charge is 0.379 e. The maximum atomic E-state index is 10.6. The van der Waals surface area contributed by atoms with E-state index in [1.54, 1.807) is 6.92 Å². The van der Waals surface area contributed by atoms with Crippen molar-refractivity contribution in [1.29, 1.82) is 0 Å². The predicted molar refractivity (Wildman–Crippen MR) is 70.1 cm³/mol. The molecule has 0 bridgehead atoms. The van der Waals surface area contributed by atoms with Gasteiger partial charge in [0.15, 0.2) is 0 Å². The van der Waals surface area contributed by atoms with Gasteiger partial charge >= 0.3 is 0 Å². The zero-order valence-electron chi connectivity index (χ0n) is 11.6. The molecule has 0 aliphatic rings. The molecule has 0 spiro atoms. The molecule has 0 aliphatic carbocycles. The first kappa shape index (κ1) is 16.3. The number of rotatable bonds is 9. The van der Waals surface area contributed by atoms with Crippen LogP contribution in [0.25, 0.3) is 0 Å². The van der Waals surface area contributed by atoms with Gasteiger partial charge in [0.2, 0.25) is 0 Å². The van der Waals surface area contributed by atoms with E-state index in [1.807, 2.05) is 0 Å². The highest BCUT2D eigenvalue weighted by Gasteiger charge is 2.02. The number of Topliss-reactive ketones (excluding diaryl/α,β-unsaturated/α-hetero) is 1. The molecule has 0 N–H and O–H groups in total. The summed E-state index contributed by atoms with van der Waals surface area (Å²) in [7, 11) is 0. The Morgan fingerprint density at radius 1 is 1.06 bits per heavy atom. The molecule has 0 atom stereocenters. The molecule has 0 heterocycles. The average Bonchev–Trinajstić information content (AvgIpc) is 2.18. The van der Waals surface area contributed by atoms with E-state index in [0.29, 0.717) is 26.2 Å². The summed E-state index contributed by atoms with van der Waals surface area (Å²) >= 11 is 0. The standard InChI is InChI=1S/C14H26O3/c1-13(15)7-10-17-12-11-16-9-6-5-8-14(2,3)4/h5,8H,6-7,9-12H2,1-4H3/b8-5+. The first-order chi connectivity index (χ1) is 7.92. The van der Waals surface area contributed by atoms with Crippen LogP contribution in [0.3, 0.4) is 0 Å². The van der Waals surface area contributed by atoms with Crippen molar-refractivity contribution < 1.29 is 14.3 Å². The Morgan fingerprint density at radius 3 is 2.18 bits per heavy atom. The van der Waals surface area contributed by atoms with Crippen molar-refractivity contribution in [2.45, 2.75) is 40.5 Å². The third-order valence-corrected chi connectivity index (χ3v) is 2.02. The molecule has 17 heavy (non-hydrogen) atoms. The molecule has 0 fully saturated rings. The van der Waals surface area contributed by atoms with Crippen LogP contribution in [0.1, 0.15) is 40.5 Å². The summed E-state index contributed by atoms with van der Waals surface area (Å²) in [5, 5.41) is 0. The fraction of sp³-hybridized carbons (Fsp3) is 0.786. The van der Waals surface area contributed by atoms with Crippen molar-refractivity contribution in [3.63, 3.8) is 0 Å². The first-order valence-corrected chi connectivity index (χ1v) is 6.24. The van der Waals surface area contributed by atoms with Crippen molar-refractivity contribution >= 4 is 5.78 Å². The molecule has 0 aliphatic heterocycles. The highest BCUT2D eigenvalue weighted by Crippen LogP contribution is 2.14. The Morgan fingerprint density at radius 2 is 1.65 bits per heavy atom. The quantitative estimate of drug-likeness (QED) is 0.460.